The molecule has 0 aliphatic rings. The molecule has 1 aromatic rings. The number of unbranched alkanes of at least 4 members (excludes halogenated alkanes) is 4. The predicted molar refractivity (Wildman–Crippen MR) is 59.3 cm³/mol. The van der Waals surface area contributed by atoms with E-state index >= 15 is 0 Å². The van der Waals surface area contributed by atoms with Gasteiger partial charge in [-0.3, -0.25) is 0 Å². The van der Waals surface area contributed by atoms with Crippen molar-refractivity contribution < 1.29 is 5.11 Å². The number of aliphatic hydroxyl groups excluding tert-OH is 1. The number of aromatic nitrogens is 3. The van der Waals surface area contributed by atoms with Crippen LogP contribution in [0.5, 0.6) is 0 Å². The van der Waals surface area contributed by atoms with Crippen molar-refractivity contribution in [3.8, 4) is 0 Å². The maximum atomic E-state index is 9.85. The van der Waals surface area contributed by atoms with Gasteiger partial charge < -0.3 is 5.11 Å². The summed E-state index contributed by atoms with van der Waals surface area (Å²) >= 11 is 0. The van der Waals surface area contributed by atoms with Crippen molar-refractivity contribution >= 4 is 0 Å². The molecule has 0 amide bonds. The SMILES string of the molecule is CCCCCCCC(O)c1cnnn1C. The third-order valence-electron chi connectivity index (χ3n) is 2.67. The van der Waals surface area contributed by atoms with Gasteiger partial charge in [-0.2, -0.15) is 0 Å². The molecular weight excluding hydrogens is 190 g/mol. The topological polar surface area (TPSA) is 50.9 Å². The van der Waals surface area contributed by atoms with E-state index in [1.807, 2.05) is 7.05 Å². The largest absolute Gasteiger partial charge is 0.387 e. The summed E-state index contributed by atoms with van der Waals surface area (Å²) < 4.78 is 1.64. The first-order valence-electron chi connectivity index (χ1n) is 5.78. The highest BCUT2D eigenvalue weighted by molar-refractivity contribution is 4.97. The van der Waals surface area contributed by atoms with Crippen LogP contribution in [0, 0.1) is 0 Å². The standard InChI is InChI=1S/C11H21N3O/c1-3-4-5-6-7-8-11(15)10-9-12-13-14(10)2/h9,11,15H,3-8H2,1-2H3. The third-order valence-corrected chi connectivity index (χ3v) is 2.67. The molecule has 0 aromatic carbocycles. The number of hydrogen-bond acceptors (Lipinski definition) is 3. The Kier molecular flexibility index (Phi) is 5.32. The van der Waals surface area contributed by atoms with E-state index in [-0.39, 0.29) is 0 Å². The zero-order chi connectivity index (χ0) is 11.1. The van der Waals surface area contributed by atoms with Crippen molar-refractivity contribution in [2.24, 2.45) is 7.05 Å². The Bertz CT molecular complexity index is 273. The molecule has 0 bridgehead atoms. The van der Waals surface area contributed by atoms with Crippen molar-refractivity contribution in [2.45, 2.75) is 51.6 Å². The van der Waals surface area contributed by atoms with Gasteiger partial charge in [0.1, 0.15) is 0 Å². The van der Waals surface area contributed by atoms with Gasteiger partial charge >= 0.3 is 0 Å². The molecule has 1 atom stereocenters. The molecule has 1 heterocycles. The number of hydrogen-bond donors (Lipinski definition) is 1. The van der Waals surface area contributed by atoms with Crippen LogP contribution in [-0.4, -0.2) is 20.1 Å². The molecule has 86 valence electrons. The zero-order valence-electron chi connectivity index (χ0n) is 9.69. The summed E-state index contributed by atoms with van der Waals surface area (Å²) in [5, 5.41) is 17.4. The molecule has 1 aromatic heterocycles. The second kappa shape index (κ2) is 6.56. The Hall–Kier alpha value is -0.900. The normalized spacial score (nSPS) is 13.0. The summed E-state index contributed by atoms with van der Waals surface area (Å²) in [7, 11) is 1.81. The van der Waals surface area contributed by atoms with Gasteiger partial charge in [-0.15, -0.1) is 5.10 Å². The molecule has 0 spiro atoms. The fourth-order valence-corrected chi connectivity index (χ4v) is 1.69. The summed E-state index contributed by atoms with van der Waals surface area (Å²) in [6.45, 7) is 2.20. The average Bonchev–Trinajstić information content (AvgIpc) is 2.64. The van der Waals surface area contributed by atoms with Crippen molar-refractivity contribution in [1.82, 2.24) is 15.0 Å². The van der Waals surface area contributed by atoms with Crippen LogP contribution in [0.2, 0.25) is 0 Å². The van der Waals surface area contributed by atoms with Crippen LogP contribution in [0.1, 0.15) is 57.2 Å². The number of aliphatic hydroxyl groups is 1. The monoisotopic (exact) mass is 211 g/mol. The Morgan fingerprint density at radius 1 is 1.33 bits per heavy atom. The molecule has 0 saturated carbocycles. The van der Waals surface area contributed by atoms with E-state index in [0.29, 0.717) is 0 Å². The lowest BCUT2D eigenvalue weighted by atomic mass is 10.1. The molecule has 0 aliphatic heterocycles. The molecule has 0 radical (unpaired) electrons. The summed E-state index contributed by atoms with van der Waals surface area (Å²) in [5.74, 6) is 0. The maximum absolute atomic E-state index is 9.85. The van der Waals surface area contributed by atoms with Gasteiger partial charge in [0.25, 0.3) is 0 Å². The summed E-state index contributed by atoms with van der Waals surface area (Å²) in [4.78, 5) is 0. The Balaban J connectivity index is 2.19. The second-order valence-corrected chi connectivity index (χ2v) is 4.00. The van der Waals surface area contributed by atoms with E-state index in [9.17, 15) is 5.11 Å². The molecule has 0 aliphatic carbocycles. The highest BCUT2D eigenvalue weighted by Crippen LogP contribution is 2.18. The Morgan fingerprint density at radius 2 is 2.07 bits per heavy atom. The van der Waals surface area contributed by atoms with Gasteiger partial charge in [0.05, 0.1) is 18.0 Å². The lowest BCUT2D eigenvalue weighted by Crippen LogP contribution is -2.05. The van der Waals surface area contributed by atoms with Gasteiger partial charge in [0.15, 0.2) is 0 Å². The molecule has 0 fully saturated rings. The fourth-order valence-electron chi connectivity index (χ4n) is 1.69. The number of rotatable bonds is 7. The molecule has 1 rings (SSSR count). The van der Waals surface area contributed by atoms with E-state index in [1.165, 1.54) is 25.7 Å². The minimum atomic E-state index is -0.411. The van der Waals surface area contributed by atoms with E-state index in [1.54, 1.807) is 10.9 Å². The van der Waals surface area contributed by atoms with Crippen LogP contribution < -0.4 is 0 Å². The van der Waals surface area contributed by atoms with E-state index in [0.717, 1.165) is 18.5 Å². The quantitative estimate of drug-likeness (QED) is 0.703. The van der Waals surface area contributed by atoms with Crippen LogP contribution in [0.25, 0.3) is 0 Å². The first-order valence-corrected chi connectivity index (χ1v) is 5.78. The zero-order valence-corrected chi connectivity index (χ0v) is 9.69. The van der Waals surface area contributed by atoms with E-state index in [2.05, 4.69) is 17.2 Å². The average molecular weight is 211 g/mol. The van der Waals surface area contributed by atoms with Gasteiger partial charge in [0, 0.05) is 7.05 Å². The van der Waals surface area contributed by atoms with Gasteiger partial charge in [0.2, 0.25) is 0 Å². The highest BCUT2D eigenvalue weighted by atomic mass is 16.3. The number of nitrogens with zero attached hydrogens (tertiary/aromatic N) is 3. The maximum Gasteiger partial charge on any atom is 0.0972 e. The van der Waals surface area contributed by atoms with Gasteiger partial charge in [-0.05, 0) is 6.42 Å². The summed E-state index contributed by atoms with van der Waals surface area (Å²) in [5.41, 5.74) is 0.811. The summed E-state index contributed by atoms with van der Waals surface area (Å²) in [6, 6.07) is 0. The minimum absolute atomic E-state index is 0.411. The first-order chi connectivity index (χ1) is 7.25. The molecule has 15 heavy (non-hydrogen) atoms. The minimum Gasteiger partial charge on any atom is -0.387 e. The molecule has 1 N–H and O–H groups in total. The molecule has 4 heteroatoms. The molecular formula is C11H21N3O. The lowest BCUT2D eigenvalue weighted by molar-refractivity contribution is 0.154. The van der Waals surface area contributed by atoms with Crippen LogP contribution in [0.3, 0.4) is 0 Å². The Morgan fingerprint density at radius 3 is 2.67 bits per heavy atom. The van der Waals surface area contributed by atoms with Crippen LogP contribution in [-0.2, 0) is 7.05 Å². The second-order valence-electron chi connectivity index (χ2n) is 4.00. The third kappa shape index (κ3) is 4.00. The Labute approximate surface area is 91.3 Å². The summed E-state index contributed by atoms with van der Waals surface area (Å²) in [6.07, 6.45) is 8.14. The number of aryl methyl sites for hydroxylation is 1. The lowest BCUT2D eigenvalue weighted by Gasteiger charge is -2.09. The van der Waals surface area contributed by atoms with Crippen molar-refractivity contribution in [2.75, 3.05) is 0 Å². The van der Waals surface area contributed by atoms with Crippen LogP contribution in [0.4, 0.5) is 0 Å². The van der Waals surface area contributed by atoms with Gasteiger partial charge in [-0.25, -0.2) is 4.68 Å². The highest BCUT2D eigenvalue weighted by Gasteiger charge is 2.11. The molecule has 4 nitrogen and oxygen atoms in total. The first kappa shape index (κ1) is 12.2. The van der Waals surface area contributed by atoms with E-state index in [4.69, 9.17) is 0 Å². The van der Waals surface area contributed by atoms with Crippen molar-refractivity contribution in [1.29, 1.82) is 0 Å². The smallest absolute Gasteiger partial charge is 0.0972 e. The van der Waals surface area contributed by atoms with Crippen molar-refractivity contribution in [3.63, 3.8) is 0 Å². The fraction of sp³-hybridized carbons (Fsp3) is 0.818. The molecule has 1 unspecified atom stereocenters. The molecule has 0 saturated heterocycles. The van der Waals surface area contributed by atoms with Crippen molar-refractivity contribution in [3.05, 3.63) is 11.9 Å². The van der Waals surface area contributed by atoms with Gasteiger partial charge in [-0.1, -0.05) is 44.2 Å². The van der Waals surface area contributed by atoms with E-state index < -0.39 is 6.10 Å². The van der Waals surface area contributed by atoms with Crippen LogP contribution in [0.15, 0.2) is 6.20 Å². The predicted octanol–water partition coefficient (Wildman–Crippen LogP) is 2.21. The van der Waals surface area contributed by atoms with Crippen LogP contribution >= 0.6 is 0 Å².